The van der Waals surface area contributed by atoms with Crippen molar-refractivity contribution >= 4 is 17.5 Å². The van der Waals surface area contributed by atoms with Crippen molar-refractivity contribution in [3.63, 3.8) is 0 Å². The number of thioether (sulfide) groups is 1. The van der Waals surface area contributed by atoms with Crippen LogP contribution in [0.15, 0.2) is 23.4 Å². The largest absolute Gasteiger partial charge is 0.381 e. The summed E-state index contributed by atoms with van der Waals surface area (Å²) in [4.78, 5) is 15.4. The van der Waals surface area contributed by atoms with Gasteiger partial charge in [-0.2, -0.15) is 0 Å². The van der Waals surface area contributed by atoms with E-state index in [0.717, 1.165) is 31.1 Å². The molecule has 0 saturated carbocycles. The maximum Gasteiger partial charge on any atom is 0.161 e. The molecule has 3 nitrogen and oxygen atoms in total. The highest BCUT2D eigenvalue weighted by atomic mass is 32.2. The van der Waals surface area contributed by atoms with E-state index in [1.807, 2.05) is 12.1 Å². The molecule has 2 rings (SSSR count). The standard InChI is InChI=1S/C12H15NO2S/c1-9(14)10-2-3-12(13-8-10)16-11-4-6-15-7-5-11/h2-3,8,11H,4-7H2,1H3. The van der Waals surface area contributed by atoms with Gasteiger partial charge in [-0.3, -0.25) is 4.79 Å². The van der Waals surface area contributed by atoms with Gasteiger partial charge in [0.1, 0.15) is 0 Å². The second kappa shape index (κ2) is 5.46. The molecule has 2 heterocycles. The van der Waals surface area contributed by atoms with Crippen molar-refractivity contribution in [1.29, 1.82) is 0 Å². The van der Waals surface area contributed by atoms with Crippen molar-refractivity contribution in [2.75, 3.05) is 13.2 Å². The Morgan fingerprint density at radius 3 is 2.75 bits per heavy atom. The van der Waals surface area contributed by atoms with E-state index >= 15 is 0 Å². The number of hydrogen-bond donors (Lipinski definition) is 0. The predicted octanol–water partition coefficient (Wildman–Crippen LogP) is 2.56. The lowest BCUT2D eigenvalue weighted by molar-refractivity contribution is 0.1000. The molecule has 0 bridgehead atoms. The Bertz CT molecular complexity index is 358. The van der Waals surface area contributed by atoms with Crippen molar-refractivity contribution in [1.82, 2.24) is 4.98 Å². The zero-order chi connectivity index (χ0) is 11.4. The molecule has 16 heavy (non-hydrogen) atoms. The Kier molecular flexibility index (Phi) is 3.96. The lowest BCUT2D eigenvalue weighted by Gasteiger charge is -2.20. The highest BCUT2D eigenvalue weighted by Crippen LogP contribution is 2.28. The van der Waals surface area contributed by atoms with Crippen molar-refractivity contribution in [3.05, 3.63) is 23.9 Å². The van der Waals surface area contributed by atoms with Crippen LogP contribution in [0.3, 0.4) is 0 Å². The molecule has 1 aromatic rings. The summed E-state index contributed by atoms with van der Waals surface area (Å²) >= 11 is 1.78. The molecule has 1 aromatic heterocycles. The summed E-state index contributed by atoms with van der Waals surface area (Å²) in [6.07, 6.45) is 3.83. The van der Waals surface area contributed by atoms with E-state index in [4.69, 9.17) is 4.74 Å². The Balaban J connectivity index is 1.96. The summed E-state index contributed by atoms with van der Waals surface area (Å²) < 4.78 is 5.31. The molecule has 0 amide bonds. The zero-order valence-electron chi connectivity index (χ0n) is 9.31. The third-order valence-corrected chi connectivity index (χ3v) is 3.89. The van der Waals surface area contributed by atoms with Gasteiger partial charge in [0.05, 0.1) is 5.03 Å². The third-order valence-electron chi connectivity index (χ3n) is 2.60. The number of Topliss-reactive ketones (excluding diaryl/α,β-unsaturated/α-hetero) is 1. The molecule has 1 aliphatic rings. The van der Waals surface area contributed by atoms with Crippen LogP contribution in [-0.2, 0) is 4.74 Å². The van der Waals surface area contributed by atoms with Gasteiger partial charge in [-0.1, -0.05) is 0 Å². The van der Waals surface area contributed by atoms with Crippen LogP contribution in [0.4, 0.5) is 0 Å². The topological polar surface area (TPSA) is 39.2 Å². The first-order valence-electron chi connectivity index (χ1n) is 5.47. The minimum absolute atomic E-state index is 0.0649. The lowest BCUT2D eigenvalue weighted by atomic mass is 10.2. The van der Waals surface area contributed by atoms with Gasteiger partial charge in [-0.15, -0.1) is 11.8 Å². The van der Waals surface area contributed by atoms with Gasteiger partial charge in [0.15, 0.2) is 5.78 Å². The maximum absolute atomic E-state index is 11.1. The molecule has 1 aliphatic heterocycles. The van der Waals surface area contributed by atoms with Crippen LogP contribution in [-0.4, -0.2) is 29.2 Å². The van der Waals surface area contributed by atoms with Crippen LogP contribution in [0, 0.1) is 0 Å². The number of ether oxygens (including phenoxy) is 1. The van der Waals surface area contributed by atoms with E-state index in [-0.39, 0.29) is 5.78 Å². The highest BCUT2D eigenvalue weighted by Gasteiger charge is 2.15. The summed E-state index contributed by atoms with van der Waals surface area (Å²) in [6, 6.07) is 3.77. The summed E-state index contributed by atoms with van der Waals surface area (Å²) in [5.41, 5.74) is 0.677. The highest BCUT2D eigenvalue weighted by molar-refractivity contribution is 7.99. The summed E-state index contributed by atoms with van der Waals surface area (Å²) in [6.45, 7) is 3.26. The fourth-order valence-corrected chi connectivity index (χ4v) is 2.65. The average Bonchev–Trinajstić information content (AvgIpc) is 2.31. The van der Waals surface area contributed by atoms with E-state index in [1.54, 1.807) is 24.9 Å². The number of aromatic nitrogens is 1. The summed E-state index contributed by atoms with van der Waals surface area (Å²) in [7, 11) is 0. The molecular formula is C12H15NO2S. The van der Waals surface area contributed by atoms with Gasteiger partial charge in [-0.05, 0) is 31.9 Å². The van der Waals surface area contributed by atoms with Crippen molar-refractivity contribution < 1.29 is 9.53 Å². The number of carbonyl (C=O) groups is 1. The molecular weight excluding hydrogens is 222 g/mol. The first-order chi connectivity index (χ1) is 7.75. The van der Waals surface area contributed by atoms with Gasteiger partial charge >= 0.3 is 0 Å². The minimum Gasteiger partial charge on any atom is -0.381 e. The molecule has 1 saturated heterocycles. The molecule has 0 aromatic carbocycles. The average molecular weight is 237 g/mol. The van der Waals surface area contributed by atoms with E-state index in [1.165, 1.54) is 0 Å². The van der Waals surface area contributed by atoms with Gasteiger partial charge in [-0.25, -0.2) is 4.98 Å². The molecule has 0 aliphatic carbocycles. The number of pyridine rings is 1. The third kappa shape index (κ3) is 3.06. The van der Waals surface area contributed by atoms with Crippen LogP contribution >= 0.6 is 11.8 Å². The molecule has 1 fully saturated rings. The lowest BCUT2D eigenvalue weighted by Crippen LogP contribution is -2.17. The Morgan fingerprint density at radius 1 is 1.44 bits per heavy atom. The second-order valence-electron chi connectivity index (χ2n) is 3.87. The monoisotopic (exact) mass is 237 g/mol. The quantitative estimate of drug-likeness (QED) is 0.757. The number of ketones is 1. The van der Waals surface area contributed by atoms with Crippen molar-refractivity contribution in [3.8, 4) is 0 Å². The Morgan fingerprint density at radius 2 is 2.19 bits per heavy atom. The fraction of sp³-hybridized carbons (Fsp3) is 0.500. The SMILES string of the molecule is CC(=O)c1ccc(SC2CCOCC2)nc1. The van der Waals surface area contributed by atoms with Crippen LogP contribution in [0.25, 0.3) is 0 Å². The smallest absolute Gasteiger partial charge is 0.161 e. The Hall–Kier alpha value is -0.870. The molecule has 0 spiro atoms. The predicted molar refractivity (Wildman–Crippen MR) is 63.9 cm³/mol. The molecule has 4 heteroatoms. The summed E-state index contributed by atoms with van der Waals surface area (Å²) in [5.74, 6) is 0.0649. The van der Waals surface area contributed by atoms with E-state index in [2.05, 4.69) is 4.98 Å². The van der Waals surface area contributed by atoms with Crippen LogP contribution < -0.4 is 0 Å². The van der Waals surface area contributed by atoms with E-state index in [9.17, 15) is 4.79 Å². The maximum atomic E-state index is 11.1. The van der Waals surface area contributed by atoms with Gasteiger partial charge < -0.3 is 4.74 Å². The number of hydrogen-bond acceptors (Lipinski definition) is 4. The van der Waals surface area contributed by atoms with Crippen LogP contribution in [0.1, 0.15) is 30.1 Å². The van der Waals surface area contributed by atoms with E-state index < -0.39 is 0 Å². The molecule has 0 N–H and O–H groups in total. The van der Waals surface area contributed by atoms with E-state index in [0.29, 0.717) is 10.8 Å². The van der Waals surface area contributed by atoms with Crippen LogP contribution in [0.2, 0.25) is 0 Å². The zero-order valence-corrected chi connectivity index (χ0v) is 10.1. The summed E-state index contributed by atoms with van der Waals surface area (Å²) in [5, 5.41) is 1.60. The first-order valence-corrected chi connectivity index (χ1v) is 6.35. The number of carbonyl (C=O) groups excluding carboxylic acids is 1. The molecule has 86 valence electrons. The Labute approximate surface area is 99.6 Å². The van der Waals surface area contributed by atoms with Crippen LogP contribution in [0.5, 0.6) is 0 Å². The second-order valence-corrected chi connectivity index (χ2v) is 5.19. The normalized spacial score (nSPS) is 17.3. The van der Waals surface area contributed by atoms with Gasteiger partial charge in [0, 0.05) is 30.2 Å². The van der Waals surface area contributed by atoms with Crippen molar-refractivity contribution in [2.24, 2.45) is 0 Å². The van der Waals surface area contributed by atoms with Gasteiger partial charge in [0.2, 0.25) is 0 Å². The molecule has 0 radical (unpaired) electrons. The fourth-order valence-electron chi connectivity index (χ4n) is 1.62. The molecule has 0 atom stereocenters. The van der Waals surface area contributed by atoms with Gasteiger partial charge in [0.25, 0.3) is 0 Å². The molecule has 0 unspecified atom stereocenters. The number of nitrogens with zero attached hydrogens (tertiary/aromatic N) is 1. The van der Waals surface area contributed by atoms with Crippen molar-refractivity contribution in [2.45, 2.75) is 30.0 Å². The number of rotatable bonds is 3. The first kappa shape index (κ1) is 11.6. The minimum atomic E-state index is 0.0649.